The number of methoxy groups -OCH3 is 1. The third-order valence-corrected chi connectivity index (χ3v) is 6.90. The van der Waals surface area contributed by atoms with Gasteiger partial charge in [-0.05, 0) is 57.1 Å². The number of ether oxygens (including phenoxy) is 1. The summed E-state index contributed by atoms with van der Waals surface area (Å²) in [5.41, 5.74) is 1.89. The lowest BCUT2D eigenvalue weighted by atomic mass is 9.94. The van der Waals surface area contributed by atoms with E-state index in [9.17, 15) is 4.79 Å². The molecule has 2 bridgehead atoms. The molecule has 5 rings (SSSR count). The van der Waals surface area contributed by atoms with Gasteiger partial charge in [0.25, 0.3) is 0 Å². The molecule has 0 spiro atoms. The van der Waals surface area contributed by atoms with Crippen molar-refractivity contribution in [3.63, 3.8) is 0 Å². The highest BCUT2D eigenvalue weighted by Crippen LogP contribution is 2.39. The number of aromatic nitrogens is 2. The molecule has 0 radical (unpaired) electrons. The maximum Gasteiger partial charge on any atom is 0.226 e. The Kier molecular flexibility index (Phi) is 4.37. The number of hydrogen-bond acceptors (Lipinski definition) is 5. The van der Waals surface area contributed by atoms with Crippen LogP contribution in [-0.2, 0) is 4.79 Å². The van der Waals surface area contributed by atoms with Gasteiger partial charge in [0.2, 0.25) is 11.9 Å². The maximum absolute atomic E-state index is 13.0. The number of rotatable bonds is 3. The standard InChI is InChI=1S/C22H28N4O2/c1-14-19-6-5-18(28-2)12-20(19)24-22(23-14)25-9-7-16(8-10-25)21(27)26-13-15-3-4-17(26)11-15/h5-6,12,15-17H,3-4,7-11,13H2,1-2H3/t15-,17+/m1/s1. The topological polar surface area (TPSA) is 58.6 Å². The van der Waals surface area contributed by atoms with Gasteiger partial charge in [-0.2, -0.15) is 0 Å². The largest absolute Gasteiger partial charge is 0.497 e. The van der Waals surface area contributed by atoms with Gasteiger partial charge in [-0.15, -0.1) is 0 Å². The van der Waals surface area contributed by atoms with Crippen molar-refractivity contribution in [2.75, 3.05) is 31.6 Å². The van der Waals surface area contributed by atoms with Crippen molar-refractivity contribution in [3.8, 4) is 5.75 Å². The highest BCUT2D eigenvalue weighted by molar-refractivity contribution is 5.83. The minimum Gasteiger partial charge on any atom is -0.497 e. The van der Waals surface area contributed by atoms with Gasteiger partial charge in [0.15, 0.2) is 0 Å². The zero-order valence-electron chi connectivity index (χ0n) is 16.7. The van der Waals surface area contributed by atoms with Crippen LogP contribution in [0.2, 0.25) is 0 Å². The second-order valence-corrected chi connectivity index (χ2v) is 8.58. The smallest absolute Gasteiger partial charge is 0.226 e. The van der Waals surface area contributed by atoms with Crippen LogP contribution >= 0.6 is 0 Å². The van der Waals surface area contributed by atoms with Crippen LogP contribution in [0, 0.1) is 18.8 Å². The third-order valence-electron chi connectivity index (χ3n) is 6.90. The molecule has 1 aromatic carbocycles. The molecule has 2 saturated heterocycles. The first kappa shape index (κ1) is 17.7. The summed E-state index contributed by atoms with van der Waals surface area (Å²) < 4.78 is 5.34. The highest BCUT2D eigenvalue weighted by atomic mass is 16.5. The molecule has 148 valence electrons. The van der Waals surface area contributed by atoms with Crippen LogP contribution in [-0.4, -0.2) is 53.6 Å². The van der Waals surface area contributed by atoms with E-state index >= 15 is 0 Å². The number of hydrogen-bond donors (Lipinski definition) is 0. The van der Waals surface area contributed by atoms with Gasteiger partial charge in [0.1, 0.15) is 5.75 Å². The molecule has 28 heavy (non-hydrogen) atoms. The highest BCUT2D eigenvalue weighted by Gasteiger charge is 2.42. The molecule has 3 heterocycles. The Bertz CT molecular complexity index is 907. The van der Waals surface area contributed by atoms with Gasteiger partial charge >= 0.3 is 0 Å². The minimum absolute atomic E-state index is 0.164. The van der Waals surface area contributed by atoms with E-state index in [2.05, 4.69) is 9.80 Å². The molecule has 1 amide bonds. The zero-order valence-corrected chi connectivity index (χ0v) is 16.7. The molecule has 3 fully saturated rings. The number of aryl methyl sites for hydroxylation is 1. The summed E-state index contributed by atoms with van der Waals surface area (Å²) in [5.74, 6) is 2.90. The van der Waals surface area contributed by atoms with Crippen LogP contribution in [0.1, 0.15) is 37.8 Å². The van der Waals surface area contributed by atoms with Crippen LogP contribution in [0.25, 0.3) is 10.9 Å². The van der Waals surface area contributed by atoms with E-state index in [0.717, 1.165) is 66.7 Å². The van der Waals surface area contributed by atoms with Crippen LogP contribution in [0.15, 0.2) is 18.2 Å². The van der Waals surface area contributed by atoms with Crippen molar-refractivity contribution in [1.82, 2.24) is 14.9 Å². The van der Waals surface area contributed by atoms with E-state index in [-0.39, 0.29) is 5.92 Å². The Morgan fingerprint density at radius 3 is 2.64 bits per heavy atom. The molecule has 2 aliphatic heterocycles. The molecule has 0 unspecified atom stereocenters. The predicted molar refractivity (Wildman–Crippen MR) is 109 cm³/mol. The molecule has 2 aromatic rings. The van der Waals surface area contributed by atoms with E-state index in [0.29, 0.717) is 11.9 Å². The Hall–Kier alpha value is -2.37. The van der Waals surface area contributed by atoms with Crippen molar-refractivity contribution >= 4 is 22.8 Å². The van der Waals surface area contributed by atoms with E-state index in [1.54, 1.807) is 7.11 Å². The number of carbonyl (C=O) groups is 1. The molecule has 0 N–H and O–H groups in total. The Morgan fingerprint density at radius 1 is 1.14 bits per heavy atom. The fraction of sp³-hybridized carbons (Fsp3) is 0.591. The van der Waals surface area contributed by atoms with E-state index < -0.39 is 0 Å². The number of carbonyl (C=O) groups excluding carboxylic acids is 1. The van der Waals surface area contributed by atoms with Crippen molar-refractivity contribution in [2.45, 2.75) is 45.1 Å². The zero-order chi connectivity index (χ0) is 19.3. The molecule has 2 atom stereocenters. The first-order chi connectivity index (χ1) is 13.6. The van der Waals surface area contributed by atoms with Crippen molar-refractivity contribution in [1.29, 1.82) is 0 Å². The SMILES string of the molecule is COc1ccc2c(C)nc(N3CCC(C(=O)N4C[C@@H]5CC[C@H]4C5)CC3)nc2c1. The summed E-state index contributed by atoms with van der Waals surface area (Å²) in [6.45, 7) is 4.71. The molecule has 3 aliphatic rings. The van der Waals surface area contributed by atoms with Gasteiger partial charge in [-0.1, -0.05) is 0 Å². The number of amides is 1. The van der Waals surface area contributed by atoms with Crippen molar-refractivity contribution in [3.05, 3.63) is 23.9 Å². The fourth-order valence-electron chi connectivity index (χ4n) is 5.28. The number of piperidine rings is 2. The summed E-state index contributed by atoms with van der Waals surface area (Å²) in [5, 5.41) is 1.05. The Labute approximate surface area is 165 Å². The molecule has 1 saturated carbocycles. The van der Waals surface area contributed by atoms with Crippen LogP contribution in [0.5, 0.6) is 5.75 Å². The summed E-state index contributed by atoms with van der Waals surface area (Å²) in [7, 11) is 1.67. The Morgan fingerprint density at radius 2 is 1.96 bits per heavy atom. The predicted octanol–water partition coefficient (Wildman–Crippen LogP) is 3.17. The average molecular weight is 380 g/mol. The quantitative estimate of drug-likeness (QED) is 0.819. The van der Waals surface area contributed by atoms with Crippen LogP contribution < -0.4 is 9.64 Å². The molecule has 1 aromatic heterocycles. The lowest BCUT2D eigenvalue weighted by molar-refractivity contribution is -0.137. The number of nitrogens with zero attached hydrogens (tertiary/aromatic N) is 4. The number of anilines is 1. The number of benzene rings is 1. The van der Waals surface area contributed by atoms with Gasteiger partial charge in [0.05, 0.1) is 18.3 Å². The monoisotopic (exact) mass is 380 g/mol. The summed E-state index contributed by atoms with van der Waals surface area (Å²) in [4.78, 5) is 26.9. The molecule has 6 nitrogen and oxygen atoms in total. The van der Waals surface area contributed by atoms with Gasteiger partial charge in [-0.25, -0.2) is 9.97 Å². The van der Waals surface area contributed by atoms with Crippen molar-refractivity contribution < 1.29 is 9.53 Å². The molecule has 6 heteroatoms. The van der Waals surface area contributed by atoms with E-state index in [4.69, 9.17) is 14.7 Å². The fourth-order valence-corrected chi connectivity index (χ4v) is 5.28. The Balaban J connectivity index is 1.29. The van der Waals surface area contributed by atoms with E-state index in [1.165, 1.54) is 19.3 Å². The van der Waals surface area contributed by atoms with Gasteiger partial charge < -0.3 is 14.5 Å². The normalized spacial score (nSPS) is 24.9. The summed E-state index contributed by atoms with van der Waals surface area (Å²) >= 11 is 0. The lowest BCUT2D eigenvalue weighted by Gasteiger charge is -2.36. The number of fused-ring (bicyclic) bond motifs is 3. The van der Waals surface area contributed by atoms with Gasteiger partial charge in [-0.3, -0.25) is 4.79 Å². The lowest BCUT2D eigenvalue weighted by Crippen LogP contribution is -2.45. The second kappa shape index (κ2) is 6.90. The average Bonchev–Trinajstić information content (AvgIpc) is 3.36. The van der Waals surface area contributed by atoms with Crippen molar-refractivity contribution in [2.24, 2.45) is 11.8 Å². The second-order valence-electron chi connectivity index (χ2n) is 8.58. The number of likely N-dealkylation sites (tertiary alicyclic amines) is 1. The van der Waals surface area contributed by atoms with Crippen LogP contribution in [0.3, 0.4) is 0 Å². The van der Waals surface area contributed by atoms with Gasteiger partial charge in [0, 0.05) is 43.0 Å². The minimum atomic E-state index is 0.164. The first-order valence-electron chi connectivity index (χ1n) is 10.5. The van der Waals surface area contributed by atoms with Crippen LogP contribution in [0.4, 0.5) is 5.95 Å². The maximum atomic E-state index is 13.0. The molecule has 1 aliphatic carbocycles. The molecular weight excluding hydrogens is 352 g/mol. The summed E-state index contributed by atoms with van der Waals surface area (Å²) in [6, 6.07) is 6.45. The molecular formula is C22H28N4O2. The van der Waals surface area contributed by atoms with E-state index in [1.807, 2.05) is 25.1 Å². The third kappa shape index (κ3) is 2.99. The first-order valence-corrected chi connectivity index (χ1v) is 10.5. The summed E-state index contributed by atoms with van der Waals surface area (Å²) in [6.07, 6.45) is 5.55.